The smallest absolute Gasteiger partial charge is 0.170 e. The molecule has 4 N–H and O–H groups in total. The highest BCUT2D eigenvalue weighted by Gasteiger charge is 2.05. The van der Waals surface area contributed by atoms with Gasteiger partial charge in [-0.15, -0.1) is 0 Å². The van der Waals surface area contributed by atoms with Gasteiger partial charge < -0.3 is 16.3 Å². The zero-order valence-electron chi connectivity index (χ0n) is 11.1. The first-order valence-electron chi connectivity index (χ1n) is 5.98. The largest absolute Gasteiger partial charge is 0.409 e. The lowest BCUT2D eigenvalue weighted by molar-refractivity contribution is 0.318. The van der Waals surface area contributed by atoms with Crippen molar-refractivity contribution in [2.24, 2.45) is 10.9 Å². The number of hydrogen-bond acceptors (Lipinski definition) is 5. The molecule has 0 aliphatic carbocycles. The van der Waals surface area contributed by atoms with E-state index in [0.717, 1.165) is 5.56 Å². The van der Waals surface area contributed by atoms with Gasteiger partial charge in [0.2, 0.25) is 0 Å². The second-order valence-corrected chi connectivity index (χ2v) is 7.12. The van der Waals surface area contributed by atoms with E-state index in [1.54, 1.807) is 18.2 Å². The minimum atomic E-state index is -2.91. The Labute approximate surface area is 123 Å². The Kier molecular flexibility index (Phi) is 6.25. The number of nitrogens with zero attached hydrogens (tertiary/aromatic N) is 1. The maximum atomic E-state index is 11.0. The molecule has 1 rings (SSSR count). The second-order valence-electron chi connectivity index (χ2n) is 4.45. The lowest BCUT2D eigenvalue weighted by Crippen LogP contribution is -2.18. The van der Waals surface area contributed by atoms with Gasteiger partial charge >= 0.3 is 0 Å². The van der Waals surface area contributed by atoms with Crippen LogP contribution in [0, 0.1) is 0 Å². The van der Waals surface area contributed by atoms with E-state index in [4.69, 9.17) is 22.5 Å². The third-order valence-electron chi connectivity index (χ3n) is 2.64. The topological polar surface area (TPSA) is 105 Å². The molecule has 0 amide bonds. The molecule has 1 aromatic rings. The summed E-state index contributed by atoms with van der Waals surface area (Å²) in [6.45, 7) is 1.12. The van der Waals surface area contributed by atoms with E-state index in [0.29, 0.717) is 30.1 Å². The van der Waals surface area contributed by atoms with Crippen LogP contribution in [0.1, 0.15) is 17.5 Å². The van der Waals surface area contributed by atoms with Crippen LogP contribution >= 0.6 is 11.6 Å². The highest BCUT2D eigenvalue weighted by molar-refractivity contribution is 7.90. The Morgan fingerprint density at radius 3 is 2.75 bits per heavy atom. The van der Waals surface area contributed by atoms with Crippen molar-refractivity contribution in [2.45, 2.75) is 13.0 Å². The van der Waals surface area contributed by atoms with Crippen molar-refractivity contribution in [3.8, 4) is 0 Å². The first kappa shape index (κ1) is 16.7. The summed E-state index contributed by atoms with van der Waals surface area (Å²) < 4.78 is 21.9. The molecule has 0 atom stereocenters. The number of hydrogen-bond donors (Lipinski definition) is 3. The van der Waals surface area contributed by atoms with Gasteiger partial charge in [-0.05, 0) is 24.6 Å². The highest BCUT2D eigenvalue weighted by atomic mass is 35.5. The Balaban J connectivity index is 2.49. The van der Waals surface area contributed by atoms with Crippen LogP contribution in [0.5, 0.6) is 0 Å². The molecule has 8 heteroatoms. The zero-order chi connectivity index (χ0) is 15.2. The predicted molar refractivity (Wildman–Crippen MR) is 80.0 cm³/mol. The summed E-state index contributed by atoms with van der Waals surface area (Å²) in [6.07, 6.45) is 1.77. The van der Waals surface area contributed by atoms with Gasteiger partial charge in [0, 0.05) is 23.4 Å². The van der Waals surface area contributed by atoms with Gasteiger partial charge in [-0.25, -0.2) is 8.42 Å². The summed E-state index contributed by atoms with van der Waals surface area (Å²) in [5.74, 6) is 0.162. The van der Waals surface area contributed by atoms with Crippen LogP contribution in [-0.2, 0) is 16.4 Å². The number of halogens is 1. The van der Waals surface area contributed by atoms with Crippen LogP contribution in [0.3, 0.4) is 0 Å². The molecule has 0 bridgehead atoms. The van der Waals surface area contributed by atoms with E-state index in [1.165, 1.54) is 6.26 Å². The van der Waals surface area contributed by atoms with E-state index in [1.807, 2.05) is 0 Å². The third-order valence-corrected chi connectivity index (χ3v) is 4.02. The van der Waals surface area contributed by atoms with Crippen molar-refractivity contribution in [1.29, 1.82) is 0 Å². The molecule has 0 saturated carbocycles. The van der Waals surface area contributed by atoms with Gasteiger partial charge in [-0.1, -0.05) is 28.9 Å². The number of oxime groups is 1. The Morgan fingerprint density at radius 1 is 1.50 bits per heavy atom. The lowest BCUT2D eigenvalue weighted by atomic mass is 10.1. The number of nitrogens with two attached hydrogens (primary N) is 1. The molecule has 0 heterocycles. The molecule has 0 spiro atoms. The molecule has 20 heavy (non-hydrogen) atoms. The van der Waals surface area contributed by atoms with Gasteiger partial charge in [-0.3, -0.25) is 0 Å². The summed E-state index contributed by atoms with van der Waals surface area (Å²) >= 11 is 6.09. The molecule has 112 valence electrons. The van der Waals surface area contributed by atoms with E-state index >= 15 is 0 Å². The molecule has 0 aliphatic rings. The van der Waals surface area contributed by atoms with Crippen LogP contribution in [0.25, 0.3) is 0 Å². The van der Waals surface area contributed by atoms with Gasteiger partial charge in [0.25, 0.3) is 0 Å². The number of sulfone groups is 1. The van der Waals surface area contributed by atoms with Gasteiger partial charge in [0.05, 0.1) is 5.75 Å². The Bertz CT molecular complexity index is 588. The molecule has 0 radical (unpaired) electrons. The van der Waals surface area contributed by atoms with Gasteiger partial charge in [0.1, 0.15) is 9.84 Å². The van der Waals surface area contributed by atoms with Crippen molar-refractivity contribution in [1.82, 2.24) is 5.32 Å². The summed E-state index contributed by atoms with van der Waals surface area (Å²) in [5.41, 5.74) is 6.86. The zero-order valence-corrected chi connectivity index (χ0v) is 12.7. The van der Waals surface area contributed by atoms with E-state index in [2.05, 4.69) is 10.5 Å². The van der Waals surface area contributed by atoms with Crippen LogP contribution < -0.4 is 11.1 Å². The fourth-order valence-corrected chi connectivity index (χ4v) is 2.51. The first-order valence-corrected chi connectivity index (χ1v) is 8.42. The molecule has 0 unspecified atom stereocenters. The van der Waals surface area contributed by atoms with E-state index in [-0.39, 0.29) is 11.6 Å². The SMILES string of the molecule is CS(=O)(=O)CCCNCc1ccc(/C(N)=N/O)cc1Cl. The monoisotopic (exact) mass is 319 g/mol. The average Bonchev–Trinajstić information content (AvgIpc) is 2.37. The summed E-state index contributed by atoms with van der Waals surface area (Å²) in [7, 11) is -2.91. The standard InChI is InChI=1S/C12H18ClN3O3S/c1-20(18,19)6-2-5-15-8-10-4-3-9(7-11(10)13)12(14)16-17/h3-4,7,15,17H,2,5-6,8H2,1H3,(H2,14,16). The van der Waals surface area contributed by atoms with Crippen LogP contribution in [0.4, 0.5) is 0 Å². The van der Waals surface area contributed by atoms with Crippen molar-refractivity contribution in [3.63, 3.8) is 0 Å². The molecular formula is C12H18ClN3O3S. The molecule has 0 fully saturated rings. The van der Waals surface area contributed by atoms with Gasteiger partial charge in [0.15, 0.2) is 5.84 Å². The quantitative estimate of drug-likeness (QED) is 0.228. The molecule has 0 aromatic heterocycles. The minimum absolute atomic E-state index is 0.000406. The third kappa shape index (κ3) is 5.77. The van der Waals surface area contributed by atoms with E-state index in [9.17, 15) is 8.42 Å². The fourth-order valence-electron chi connectivity index (χ4n) is 1.59. The molecular weight excluding hydrogens is 302 g/mol. The first-order chi connectivity index (χ1) is 9.33. The molecule has 1 aromatic carbocycles. The van der Waals surface area contributed by atoms with Crippen LogP contribution in [0.15, 0.2) is 23.4 Å². The number of amidine groups is 1. The van der Waals surface area contributed by atoms with Crippen LogP contribution in [0.2, 0.25) is 5.02 Å². The number of benzene rings is 1. The average molecular weight is 320 g/mol. The lowest BCUT2D eigenvalue weighted by Gasteiger charge is -2.08. The van der Waals surface area contributed by atoms with Crippen molar-refractivity contribution < 1.29 is 13.6 Å². The van der Waals surface area contributed by atoms with Crippen LogP contribution in [-0.4, -0.2) is 38.0 Å². The maximum absolute atomic E-state index is 11.0. The number of rotatable bonds is 7. The fraction of sp³-hybridized carbons (Fsp3) is 0.417. The summed E-state index contributed by atoms with van der Waals surface area (Å²) in [4.78, 5) is 0. The van der Waals surface area contributed by atoms with Gasteiger partial charge in [-0.2, -0.15) is 0 Å². The summed E-state index contributed by atoms with van der Waals surface area (Å²) in [6, 6.07) is 5.10. The Morgan fingerprint density at radius 2 is 2.20 bits per heavy atom. The highest BCUT2D eigenvalue weighted by Crippen LogP contribution is 2.17. The van der Waals surface area contributed by atoms with Crippen molar-refractivity contribution in [3.05, 3.63) is 34.3 Å². The molecule has 0 saturated heterocycles. The number of nitrogens with one attached hydrogen (secondary N) is 1. The molecule has 0 aliphatic heterocycles. The normalized spacial score (nSPS) is 12.6. The van der Waals surface area contributed by atoms with Crippen molar-refractivity contribution >= 4 is 27.3 Å². The second kappa shape index (κ2) is 7.47. The predicted octanol–water partition coefficient (Wildman–Crippen LogP) is 0.959. The molecule has 6 nitrogen and oxygen atoms in total. The minimum Gasteiger partial charge on any atom is -0.409 e. The maximum Gasteiger partial charge on any atom is 0.170 e. The summed E-state index contributed by atoms with van der Waals surface area (Å²) in [5, 5.41) is 15.1. The Hall–Kier alpha value is -1.31. The van der Waals surface area contributed by atoms with Crippen molar-refractivity contribution in [2.75, 3.05) is 18.6 Å². The van der Waals surface area contributed by atoms with E-state index < -0.39 is 9.84 Å².